The highest BCUT2D eigenvalue weighted by molar-refractivity contribution is 5.97. The number of amides is 1. The summed E-state index contributed by atoms with van der Waals surface area (Å²) in [5, 5.41) is 12.0. The molecule has 23 heavy (non-hydrogen) atoms. The molecule has 1 atom stereocenters. The van der Waals surface area contributed by atoms with Crippen molar-refractivity contribution in [3.05, 3.63) is 47.7 Å². The summed E-state index contributed by atoms with van der Waals surface area (Å²) in [5.74, 6) is -0.338. The molecule has 0 aromatic heterocycles. The third-order valence-electron chi connectivity index (χ3n) is 3.83. The number of hydrogen-bond donors (Lipinski definition) is 1. The monoisotopic (exact) mass is 313 g/mol. The average molecular weight is 313 g/mol. The van der Waals surface area contributed by atoms with Gasteiger partial charge in [-0.3, -0.25) is 4.79 Å². The molecule has 0 radical (unpaired) electrons. The molecule has 2 rings (SSSR count). The molecule has 1 fully saturated rings. The van der Waals surface area contributed by atoms with Gasteiger partial charge < -0.3 is 15.0 Å². The molecule has 1 amide bonds. The molecule has 1 aliphatic rings. The van der Waals surface area contributed by atoms with Crippen LogP contribution in [0.3, 0.4) is 0 Å². The zero-order valence-corrected chi connectivity index (χ0v) is 13.5. The van der Waals surface area contributed by atoms with E-state index in [1.54, 1.807) is 6.20 Å². The number of carbonyl (C=O) groups excluding carboxylic acids is 1. The SMILES string of the molecule is CCN(/C=C(/C#N)C(=O)NCC1CCCO1)Cc1ccccc1. The summed E-state index contributed by atoms with van der Waals surface area (Å²) in [4.78, 5) is 14.1. The van der Waals surface area contributed by atoms with Crippen molar-refractivity contribution < 1.29 is 9.53 Å². The first-order valence-corrected chi connectivity index (χ1v) is 8.02. The third-order valence-corrected chi connectivity index (χ3v) is 3.83. The second-order valence-corrected chi connectivity index (χ2v) is 5.55. The van der Waals surface area contributed by atoms with E-state index >= 15 is 0 Å². The minimum absolute atomic E-state index is 0.0745. The third kappa shape index (κ3) is 5.42. The Labute approximate surface area is 137 Å². The van der Waals surface area contributed by atoms with Crippen LogP contribution in [0.2, 0.25) is 0 Å². The fraction of sp³-hybridized carbons (Fsp3) is 0.444. The van der Waals surface area contributed by atoms with E-state index in [-0.39, 0.29) is 17.6 Å². The van der Waals surface area contributed by atoms with Crippen molar-refractivity contribution in [3.63, 3.8) is 0 Å². The van der Waals surface area contributed by atoms with Crippen LogP contribution in [0.1, 0.15) is 25.3 Å². The maximum atomic E-state index is 12.2. The maximum absolute atomic E-state index is 12.2. The Hall–Kier alpha value is -2.32. The number of hydrogen-bond acceptors (Lipinski definition) is 4. The molecule has 1 N–H and O–H groups in total. The molecule has 122 valence electrons. The number of nitriles is 1. The van der Waals surface area contributed by atoms with Gasteiger partial charge in [-0.1, -0.05) is 30.3 Å². The number of carbonyl (C=O) groups is 1. The van der Waals surface area contributed by atoms with Gasteiger partial charge in [-0.2, -0.15) is 5.26 Å². The standard InChI is InChI=1S/C18H23N3O2/c1-2-21(13-15-7-4-3-5-8-15)14-16(11-19)18(22)20-12-17-9-6-10-23-17/h3-5,7-8,14,17H,2,6,9-10,12-13H2,1H3,(H,20,22)/b16-14-. The fourth-order valence-corrected chi connectivity index (χ4v) is 2.49. The van der Waals surface area contributed by atoms with E-state index in [0.29, 0.717) is 13.1 Å². The lowest BCUT2D eigenvalue weighted by molar-refractivity contribution is -0.117. The number of nitrogens with one attached hydrogen (secondary N) is 1. The molecule has 0 bridgehead atoms. The van der Waals surface area contributed by atoms with Crippen molar-refractivity contribution in [2.45, 2.75) is 32.4 Å². The van der Waals surface area contributed by atoms with Crippen molar-refractivity contribution in [1.82, 2.24) is 10.2 Å². The van der Waals surface area contributed by atoms with Crippen molar-refractivity contribution in [3.8, 4) is 6.07 Å². The number of benzene rings is 1. The van der Waals surface area contributed by atoms with Crippen LogP contribution in [0, 0.1) is 11.3 Å². The molecule has 0 saturated carbocycles. The van der Waals surface area contributed by atoms with Crippen molar-refractivity contribution in [1.29, 1.82) is 5.26 Å². The van der Waals surface area contributed by atoms with Gasteiger partial charge >= 0.3 is 0 Å². The van der Waals surface area contributed by atoms with Gasteiger partial charge in [0.2, 0.25) is 0 Å². The molecule has 0 spiro atoms. The maximum Gasteiger partial charge on any atom is 0.263 e. The van der Waals surface area contributed by atoms with Gasteiger partial charge in [0.1, 0.15) is 11.6 Å². The predicted molar refractivity (Wildman–Crippen MR) is 88.2 cm³/mol. The zero-order valence-electron chi connectivity index (χ0n) is 13.5. The molecular formula is C18H23N3O2. The van der Waals surface area contributed by atoms with Crippen LogP contribution >= 0.6 is 0 Å². The quantitative estimate of drug-likeness (QED) is 0.619. The Morgan fingerprint density at radius 2 is 2.26 bits per heavy atom. The predicted octanol–water partition coefficient (Wildman–Crippen LogP) is 2.21. The van der Waals surface area contributed by atoms with Gasteiger partial charge in [0.05, 0.1) is 6.10 Å². The topological polar surface area (TPSA) is 65.4 Å². The Morgan fingerprint density at radius 3 is 2.87 bits per heavy atom. The second kappa shape index (κ2) is 8.96. The normalized spacial score (nSPS) is 17.6. The number of ether oxygens (including phenoxy) is 1. The average Bonchev–Trinajstić information content (AvgIpc) is 3.10. The highest BCUT2D eigenvalue weighted by Crippen LogP contribution is 2.11. The summed E-state index contributed by atoms with van der Waals surface area (Å²) >= 11 is 0. The van der Waals surface area contributed by atoms with Crippen LogP contribution < -0.4 is 5.32 Å². The van der Waals surface area contributed by atoms with Gasteiger partial charge in [-0.15, -0.1) is 0 Å². The first-order chi connectivity index (χ1) is 11.2. The summed E-state index contributed by atoms with van der Waals surface area (Å²) in [5.41, 5.74) is 1.27. The van der Waals surface area contributed by atoms with Crippen LogP contribution in [0.5, 0.6) is 0 Å². The molecule has 1 aromatic rings. The molecule has 0 aliphatic carbocycles. The summed E-state index contributed by atoms with van der Waals surface area (Å²) < 4.78 is 5.47. The summed E-state index contributed by atoms with van der Waals surface area (Å²) in [6, 6.07) is 12.0. The summed E-state index contributed by atoms with van der Waals surface area (Å²) in [6.07, 6.45) is 3.70. The van der Waals surface area contributed by atoms with Crippen molar-refractivity contribution in [2.75, 3.05) is 19.7 Å². The highest BCUT2D eigenvalue weighted by atomic mass is 16.5. The zero-order chi connectivity index (χ0) is 16.5. The molecule has 1 heterocycles. The molecular weight excluding hydrogens is 290 g/mol. The van der Waals surface area contributed by atoms with E-state index in [4.69, 9.17) is 4.74 Å². The Kier molecular flexibility index (Phi) is 6.64. The molecule has 1 unspecified atom stereocenters. The minimum atomic E-state index is -0.338. The minimum Gasteiger partial charge on any atom is -0.376 e. The van der Waals surface area contributed by atoms with Crippen LogP contribution in [0.15, 0.2) is 42.1 Å². The Morgan fingerprint density at radius 1 is 1.48 bits per heavy atom. The van der Waals surface area contributed by atoms with Gasteiger partial charge in [0, 0.05) is 32.4 Å². The number of rotatable bonds is 7. The van der Waals surface area contributed by atoms with Gasteiger partial charge in [0.25, 0.3) is 5.91 Å². The molecule has 1 saturated heterocycles. The van der Waals surface area contributed by atoms with Gasteiger partial charge in [0.15, 0.2) is 0 Å². The van der Waals surface area contributed by atoms with E-state index in [2.05, 4.69) is 5.32 Å². The van der Waals surface area contributed by atoms with Gasteiger partial charge in [-0.25, -0.2) is 0 Å². The molecule has 1 aliphatic heterocycles. The second-order valence-electron chi connectivity index (χ2n) is 5.55. The van der Waals surface area contributed by atoms with Crippen molar-refractivity contribution in [2.24, 2.45) is 0 Å². The fourth-order valence-electron chi connectivity index (χ4n) is 2.49. The molecule has 5 nitrogen and oxygen atoms in total. The van der Waals surface area contributed by atoms with Crippen LogP contribution in [-0.4, -0.2) is 36.6 Å². The van der Waals surface area contributed by atoms with E-state index in [1.807, 2.05) is 48.2 Å². The summed E-state index contributed by atoms with van der Waals surface area (Å²) in [7, 11) is 0. The lowest BCUT2D eigenvalue weighted by atomic mass is 10.2. The summed E-state index contributed by atoms with van der Waals surface area (Å²) in [6.45, 7) is 4.60. The molecule has 5 heteroatoms. The Bertz CT molecular complexity index is 572. The van der Waals surface area contributed by atoms with Crippen LogP contribution in [-0.2, 0) is 16.1 Å². The van der Waals surface area contributed by atoms with Crippen LogP contribution in [0.25, 0.3) is 0 Å². The highest BCUT2D eigenvalue weighted by Gasteiger charge is 2.18. The van der Waals surface area contributed by atoms with Crippen molar-refractivity contribution >= 4 is 5.91 Å². The lowest BCUT2D eigenvalue weighted by Crippen LogP contribution is -2.33. The molecule has 1 aromatic carbocycles. The van der Waals surface area contributed by atoms with E-state index in [0.717, 1.165) is 31.6 Å². The van der Waals surface area contributed by atoms with E-state index in [1.165, 1.54) is 0 Å². The first-order valence-electron chi connectivity index (χ1n) is 8.02. The largest absolute Gasteiger partial charge is 0.376 e. The van der Waals surface area contributed by atoms with E-state index in [9.17, 15) is 10.1 Å². The van der Waals surface area contributed by atoms with Gasteiger partial charge in [-0.05, 0) is 25.3 Å². The van der Waals surface area contributed by atoms with Crippen LogP contribution in [0.4, 0.5) is 0 Å². The number of nitrogens with zero attached hydrogens (tertiary/aromatic N) is 2. The van der Waals surface area contributed by atoms with E-state index < -0.39 is 0 Å². The Balaban J connectivity index is 1.94. The smallest absolute Gasteiger partial charge is 0.263 e. The lowest BCUT2D eigenvalue weighted by Gasteiger charge is -2.19. The first kappa shape index (κ1) is 17.0.